The fraction of sp³-hybridized carbons (Fsp3) is 0.188. The van der Waals surface area contributed by atoms with Crippen LogP contribution in [0, 0.1) is 0 Å². The van der Waals surface area contributed by atoms with Crippen LogP contribution in [0.15, 0.2) is 48.5 Å². The second kappa shape index (κ2) is 4.65. The maximum atomic E-state index is 12.0. The van der Waals surface area contributed by atoms with Gasteiger partial charge in [0, 0.05) is 12.0 Å². The SMILES string of the molecule is COc1cccc(C2(O)Cc3ccccc3C(=O)O2)c1. The Bertz CT molecular complexity index is 665. The molecule has 1 aliphatic rings. The third-order valence-corrected chi connectivity index (χ3v) is 3.45. The van der Waals surface area contributed by atoms with Crippen LogP contribution in [0.5, 0.6) is 5.75 Å². The number of fused-ring (bicyclic) bond motifs is 1. The fourth-order valence-electron chi connectivity index (χ4n) is 2.40. The molecule has 0 radical (unpaired) electrons. The Labute approximate surface area is 116 Å². The van der Waals surface area contributed by atoms with Gasteiger partial charge in [0.1, 0.15) is 5.75 Å². The van der Waals surface area contributed by atoms with Gasteiger partial charge in [-0.3, -0.25) is 0 Å². The number of benzene rings is 2. The molecule has 0 saturated carbocycles. The predicted molar refractivity (Wildman–Crippen MR) is 72.5 cm³/mol. The quantitative estimate of drug-likeness (QED) is 0.850. The number of ether oxygens (including phenoxy) is 2. The number of rotatable bonds is 2. The van der Waals surface area contributed by atoms with Crippen LogP contribution in [0.3, 0.4) is 0 Å². The Hall–Kier alpha value is -2.33. The van der Waals surface area contributed by atoms with Crippen LogP contribution in [-0.4, -0.2) is 18.2 Å². The molecule has 0 spiro atoms. The minimum Gasteiger partial charge on any atom is -0.497 e. The molecular formula is C16H14O4. The van der Waals surface area contributed by atoms with Gasteiger partial charge in [-0.2, -0.15) is 0 Å². The van der Waals surface area contributed by atoms with Crippen molar-refractivity contribution < 1.29 is 19.4 Å². The van der Waals surface area contributed by atoms with E-state index in [1.807, 2.05) is 12.1 Å². The minimum atomic E-state index is -1.65. The summed E-state index contributed by atoms with van der Waals surface area (Å²) in [5, 5.41) is 10.7. The molecule has 1 heterocycles. The van der Waals surface area contributed by atoms with E-state index >= 15 is 0 Å². The Morgan fingerprint density at radius 2 is 2.00 bits per heavy atom. The third kappa shape index (κ3) is 2.04. The first kappa shape index (κ1) is 12.7. The monoisotopic (exact) mass is 270 g/mol. The summed E-state index contributed by atoms with van der Waals surface area (Å²) in [4.78, 5) is 12.0. The number of carbonyl (C=O) groups excluding carboxylic acids is 1. The molecular weight excluding hydrogens is 256 g/mol. The topological polar surface area (TPSA) is 55.8 Å². The minimum absolute atomic E-state index is 0.224. The van der Waals surface area contributed by atoms with Gasteiger partial charge in [-0.25, -0.2) is 4.79 Å². The van der Waals surface area contributed by atoms with E-state index < -0.39 is 11.8 Å². The molecule has 4 heteroatoms. The highest BCUT2D eigenvalue weighted by atomic mass is 16.7. The van der Waals surface area contributed by atoms with Crippen molar-refractivity contribution in [2.24, 2.45) is 0 Å². The lowest BCUT2D eigenvalue weighted by atomic mass is 9.92. The summed E-state index contributed by atoms with van der Waals surface area (Å²) in [5.41, 5.74) is 1.77. The van der Waals surface area contributed by atoms with Gasteiger partial charge in [-0.05, 0) is 23.8 Å². The van der Waals surface area contributed by atoms with Crippen molar-refractivity contribution in [3.05, 3.63) is 65.2 Å². The summed E-state index contributed by atoms with van der Waals surface area (Å²) in [6.07, 6.45) is 0.224. The van der Waals surface area contributed by atoms with Gasteiger partial charge < -0.3 is 14.6 Å². The highest BCUT2D eigenvalue weighted by Crippen LogP contribution is 2.35. The normalized spacial score (nSPS) is 21.0. The van der Waals surface area contributed by atoms with Gasteiger partial charge in [0.15, 0.2) is 0 Å². The molecule has 0 aliphatic carbocycles. The Balaban J connectivity index is 2.04. The summed E-state index contributed by atoms with van der Waals surface area (Å²) >= 11 is 0. The van der Waals surface area contributed by atoms with Gasteiger partial charge in [-0.15, -0.1) is 0 Å². The van der Waals surface area contributed by atoms with Gasteiger partial charge in [0.25, 0.3) is 0 Å². The van der Waals surface area contributed by atoms with E-state index in [9.17, 15) is 9.90 Å². The molecule has 0 amide bonds. The smallest absolute Gasteiger partial charge is 0.341 e. The van der Waals surface area contributed by atoms with Crippen LogP contribution in [0.25, 0.3) is 0 Å². The van der Waals surface area contributed by atoms with E-state index in [2.05, 4.69) is 0 Å². The van der Waals surface area contributed by atoms with Gasteiger partial charge in [-0.1, -0.05) is 30.3 Å². The van der Waals surface area contributed by atoms with Crippen LogP contribution in [0.2, 0.25) is 0 Å². The molecule has 0 fully saturated rings. The molecule has 1 aliphatic heterocycles. The number of hydrogen-bond acceptors (Lipinski definition) is 4. The van der Waals surface area contributed by atoms with Crippen molar-refractivity contribution in [3.63, 3.8) is 0 Å². The van der Waals surface area contributed by atoms with E-state index in [1.54, 1.807) is 43.5 Å². The van der Waals surface area contributed by atoms with Crippen LogP contribution < -0.4 is 4.74 Å². The van der Waals surface area contributed by atoms with Gasteiger partial charge in [0.2, 0.25) is 5.79 Å². The molecule has 2 aromatic rings. The lowest BCUT2D eigenvalue weighted by molar-refractivity contribution is -0.177. The van der Waals surface area contributed by atoms with E-state index in [-0.39, 0.29) is 6.42 Å². The van der Waals surface area contributed by atoms with Crippen LogP contribution in [-0.2, 0) is 16.9 Å². The largest absolute Gasteiger partial charge is 0.497 e. The molecule has 0 aromatic heterocycles. The number of hydrogen-bond donors (Lipinski definition) is 1. The van der Waals surface area contributed by atoms with Crippen molar-refractivity contribution in [2.45, 2.75) is 12.2 Å². The first-order chi connectivity index (χ1) is 9.62. The molecule has 20 heavy (non-hydrogen) atoms. The summed E-state index contributed by atoms with van der Waals surface area (Å²) in [6.45, 7) is 0. The maximum Gasteiger partial charge on any atom is 0.341 e. The highest BCUT2D eigenvalue weighted by Gasteiger charge is 2.40. The van der Waals surface area contributed by atoms with Crippen molar-refractivity contribution in [1.29, 1.82) is 0 Å². The molecule has 4 nitrogen and oxygen atoms in total. The molecule has 3 rings (SSSR count). The molecule has 1 atom stereocenters. The first-order valence-electron chi connectivity index (χ1n) is 6.30. The van der Waals surface area contributed by atoms with E-state index in [0.29, 0.717) is 16.9 Å². The molecule has 1 unspecified atom stereocenters. The molecule has 0 bridgehead atoms. The van der Waals surface area contributed by atoms with Crippen LogP contribution in [0.1, 0.15) is 21.5 Å². The second-order valence-electron chi connectivity index (χ2n) is 4.74. The summed E-state index contributed by atoms with van der Waals surface area (Å²) < 4.78 is 10.4. The number of cyclic esters (lactones) is 1. The number of methoxy groups -OCH3 is 1. The van der Waals surface area contributed by atoms with E-state index in [1.165, 1.54) is 0 Å². The number of carbonyl (C=O) groups is 1. The highest BCUT2D eigenvalue weighted by molar-refractivity contribution is 5.92. The van der Waals surface area contributed by atoms with Crippen LogP contribution in [0.4, 0.5) is 0 Å². The standard InChI is InChI=1S/C16H14O4/c1-19-13-7-4-6-12(9-13)16(18)10-11-5-2-3-8-14(11)15(17)20-16/h2-9,18H,10H2,1H3. The first-order valence-corrected chi connectivity index (χ1v) is 6.30. The van der Waals surface area contributed by atoms with Gasteiger partial charge >= 0.3 is 5.97 Å². The zero-order valence-electron chi connectivity index (χ0n) is 11.0. The van der Waals surface area contributed by atoms with Gasteiger partial charge in [0.05, 0.1) is 12.7 Å². The number of esters is 1. The Kier molecular flexibility index (Phi) is 2.95. The lowest BCUT2D eigenvalue weighted by Gasteiger charge is -2.33. The predicted octanol–water partition coefficient (Wildman–Crippen LogP) is 2.25. The zero-order chi connectivity index (χ0) is 14.2. The molecule has 2 aromatic carbocycles. The maximum absolute atomic E-state index is 12.0. The molecule has 102 valence electrons. The van der Waals surface area contributed by atoms with Crippen molar-refractivity contribution in [2.75, 3.05) is 7.11 Å². The average Bonchev–Trinajstić information content (AvgIpc) is 2.47. The Morgan fingerprint density at radius 3 is 2.80 bits per heavy atom. The third-order valence-electron chi connectivity index (χ3n) is 3.45. The summed E-state index contributed by atoms with van der Waals surface area (Å²) in [5.74, 6) is -1.57. The summed E-state index contributed by atoms with van der Waals surface area (Å²) in [6, 6.07) is 14.0. The average molecular weight is 270 g/mol. The van der Waals surface area contributed by atoms with Crippen LogP contribution >= 0.6 is 0 Å². The Morgan fingerprint density at radius 1 is 1.20 bits per heavy atom. The van der Waals surface area contributed by atoms with Crippen molar-refractivity contribution in [1.82, 2.24) is 0 Å². The zero-order valence-corrected chi connectivity index (χ0v) is 11.0. The van der Waals surface area contributed by atoms with E-state index in [4.69, 9.17) is 9.47 Å². The van der Waals surface area contributed by atoms with Crippen molar-refractivity contribution >= 4 is 5.97 Å². The second-order valence-corrected chi connectivity index (χ2v) is 4.74. The fourth-order valence-corrected chi connectivity index (χ4v) is 2.40. The lowest BCUT2D eigenvalue weighted by Crippen LogP contribution is -2.39. The molecule has 1 N–H and O–H groups in total. The molecule has 0 saturated heterocycles. The van der Waals surface area contributed by atoms with E-state index in [0.717, 1.165) is 5.56 Å². The van der Waals surface area contributed by atoms with Crippen molar-refractivity contribution in [3.8, 4) is 5.75 Å². The number of aliphatic hydroxyl groups is 1. The summed E-state index contributed by atoms with van der Waals surface area (Å²) in [7, 11) is 1.55.